The predicted octanol–water partition coefficient (Wildman–Crippen LogP) is 3.89. The van der Waals surface area contributed by atoms with Crippen LogP contribution in [0.3, 0.4) is 0 Å². The Hall–Kier alpha value is -1.03. The number of hydrogen-bond acceptors (Lipinski definition) is 2. The fraction of sp³-hybridized carbons (Fsp3) is 0.562. The van der Waals surface area contributed by atoms with E-state index in [2.05, 4.69) is 33.0 Å². The Morgan fingerprint density at radius 3 is 2.75 bits per heavy atom. The summed E-state index contributed by atoms with van der Waals surface area (Å²) in [6.45, 7) is 1.10. The fourth-order valence-corrected chi connectivity index (χ4v) is 4.26. The van der Waals surface area contributed by atoms with Crippen molar-refractivity contribution >= 4 is 27.5 Å². The van der Waals surface area contributed by atoms with Crippen LogP contribution in [-0.2, 0) is 0 Å². The minimum atomic E-state index is 0.166. The van der Waals surface area contributed by atoms with Crippen LogP contribution in [0.15, 0.2) is 22.7 Å². The number of nitrogens with two attached hydrogens (primary N) is 1. The van der Waals surface area contributed by atoms with Crippen LogP contribution in [0.25, 0.3) is 0 Å². The molecule has 1 aliphatic heterocycles. The van der Waals surface area contributed by atoms with E-state index in [1.54, 1.807) is 0 Å². The molecule has 1 aromatic carbocycles. The number of nitrogens with one attached hydrogen (secondary N) is 1. The molecule has 1 aromatic rings. The molecule has 3 rings (SSSR count). The number of fused-ring (bicyclic) bond motifs is 1. The zero-order valence-electron chi connectivity index (χ0n) is 11.7. The summed E-state index contributed by atoms with van der Waals surface area (Å²) in [5.41, 5.74) is 7.81. The summed E-state index contributed by atoms with van der Waals surface area (Å²) < 4.78 is 0.989. The van der Waals surface area contributed by atoms with Gasteiger partial charge in [-0.15, -0.1) is 0 Å². The van der Waals surface area contributed by atoms with E-state index in [4.69, 9.17) is 11.1 Å². The van der Waals surface area contributed by atoms with Crippen molar-refractivity contribution in [3.8, 4) is 0 Å². The molecule has 2 unspecified atom stereocenters. The number of hydrogen-bond donors (Lipinski definition) is 2. The molecule has 20 heavy (non-hydrogen) atoms. The van der Waals surface area contributed by atoms with Crippen molar-refractivity contribution in [2.75, 3.05) is 11.4 Å². The normalized spacial score (nSPS) is 26.1. The van der Waals surface area contributed by atoms with Crippen LogP contribution in [0.1, 0.15) is 44.1 Å². The summed E-state index contributed by atoms with van der Waals surface area (Å²) in [7, 11) is 0. The average molecular weight is 336 g/mol. The molecule has 2 aliphatic rings. The molecule has 0 bridgehead atoms. The van der Waals surface area contributed by atoms with Crippen molar-refractivity contribution in [2.24, 2.45) is 11.7 Å². The third kappa shape index (κ3) is 2.58. The van der Waals surface area contributed by atoms with Crippen molar-refractivity contribution in [3.63, 3.8) is 0 Å². The van der Waals surface area contributed by atoms with E-state index in [-0.39, 0.29) is 5.84 Å². The number of nitrogen functional groups attached to an aromatic ring is 1. The van der Waals surface area contributed by atoms with Crippen LogP contribution in [0.5, 0.6) is 0 Å². The topological polar surface area (TPSA) is 53.1 Å². The van der Waals surface area contributed by atoms with E-state index in [1.165, 1.54) is 38.5 Å². The highest BCUT2D eigenvalue weighted by atomic mass is 79.9. The summed E-state index contributed by atoms with van der Waals surface area (Å²) >= 11 is 3.49. The fourth-order valence-electron chi connectivity index (χ4n) is 3.90. The highest BCUT2D eigenvalue weighted by Gasteiger charge is 2.34. The van der Waals surface area contributed by atoms with Gasteiger partial charge in [0, 0.05) is 28.3 Å². The molecule has 1 saturated heterocycles. The highest BCUT2D eigenvalue weighted by Crippen LogP contribution is 2.39. The third-order valence-electron chi connectivity index (χ3n) is 4.80. The van der Waals surface area contributed by atoms with Gasteiger partial charge in [-0.25, -0.2) is 0 Å². The highest BCUT2D eigenvalue weighted by molar-refractivity contribution is 9.10. The van der Waals surface area contributed by atoms with E-state index >= 15 is 0 Å². The standard InChI is InChI=1S/C16H22BrN3/c17-12-7-8-15(13(10-12)16(18)19)20-9-3-5-11-4-1-2-6-14(11)20/h7-8,10-11,14H,1-6,9H2,(H3,18,19). The molecule has 2 fully saturated rings. The number of amidine groups is 1. The Balaban J connectivity index is 1.96. The van der Waals surface area contributed by atoms with Gasteiger partial charge < -0.3 is 10.6 Å². The largest absolute Gasteiger partial charge is 0.384 e. The molecule has 0 spiro atoms. The van der Waals surface area contributed by atoms with Crippen molar-refractivity contribution in [3.05, 3.63) is 28.2 Å². The molecule has 1 saturated carbocycles. The monoisotopic (exact) mass is 335 g/mol. The number of halogens is 1. The maximum Gasteiger partial charge on any atom is 0.124 e. The van der Waals surface area contributed by atoms with E-state index < -0.39 is 0 Å². The molecule has 4 heteroatoms. The Morgan fingerprint density at radius 1 is 1.20 bits per heavy atom. The van der Waals surface area contributed by atoms with Gasteiger partial charge >= 0.3 is 0 Å². The molecule has 0 aromatic heterocycles. The summed E-state index contributed by atoms with van der Waals surface area (Å²) in [6.07, 6.45) is 8.01. The van der Waals surface area contributed by atoms with Crippen molar-refractivity contribution in [1.29, 1.82) is 5.41 Å². The Bertz CT molecular complexity index is 512. The van der Waals surface area contributed by atoms with Gasteiger partial charge in [0.1, 0.15) is 5.84 Å². The minimum Gasteiger partial charge on any atom is -0.384 e. The van der Waals surface area contributed by atoms with Crippen LogP contribution in [0.4, 0.5) is 5.69 Å². The summed E-state index contributed by atoms with van der Waals surface area (Å²) in [5, 5.41) is 7.85. The van der Waals surface area contributed by atoms with Crippen molar-refractivity contribution in [2.45, 2.75) is 44.6 Å². The number of piperidine rings is 1. The molecule has 108 valence electrons. The van der Waals surface area contributed by atoms with Crippen LogP contribution < -0.4 is 10.6 Å². The maximum atomic E-state index is 7.85. The molecule has 3 N–H and O–H groups in total. The molecular weight excluding hydrogens is 314 g/mol. The summed E-state index contributed by atoms with van der Waals surface area (Å²) in [6, 6.07) is 6.81. The molecule has 1 aliphatic carbocycles. The van der Waals surface area contributed by atoms with Gasteiger partial charge in [0.15, 0.2) is 0 Å². The number of anilines is 1. The van der Waals surface area contributed by atoms with Crippen LogP contribution in [-0.4, -0.2) is 18.4 Å². The average Bonchev–Trinajstić information content (AvgIpc) is 2.46. The molecule has 2 atom stereocenters. The van der Waals surface area contributed by atoms with Crippen LogP contribution in [0, 0.1) is 11.3 Å². The van der Waals surface area contributed by atoms with Gasteiger partial charge in [-0.2, -0.15) is 0 Å². The smallest absolute Gasteiger partial charge is 0.124 e. The second-order valence-electron chi connectivity index (χ2n) is 6.02. The van der Waals surface area contributed by atoms with Crippen LogP contribution in [0.2, 0.25) is 0 Å². The van der Waals surface area contributed by atoms with Crippen molar-refractivity contribution in [1.82, 2.24) is 0 Å². The Labute approximate surface area is 129 Å². The van der Waals surface area contributed by atoms with Gasteiger partial charge in [-0.3, -0.25) is 5.41 Å². The lowest BCUT2D eigenvalue weighted by Gasteiger charge is -2.46. The van der Waals surface area contributed by atoms with E-state index in [0.717, 1.165) is 28.2 Å². The Morgan fingerprint density at radius 2 is 1.95 bits per heavy atom. The quantitative estimate of drug-likeness (QED) is 0.636. The number of nitrogens with zero attached hydrogens (tertiary/aromatic N) is 1. The molecule has 0 radical (unpaired) electrons. The number of benzene rings is 1. The first-order valence-corrected chi connectivity index (χ1v) is 8.36. The first-order chi connectivity index (χ1) is 9.66. The van der Waals surface area contributed by atoms with E-state index in [0.29, 0.717) is 6.04 Å². The molecule has 1 heterocycles. The summed E-state index contributed by atoms with van der Waals surface area (Å²) in [4.78, 5) is 2.52. The SMILES string of the molecule is N=C(N)c1cc(Br)ccc1N1CCCC2CCCCC21. The predicted molar refractivity (Wildman–Crippen MR) is 87.5 cm³/mol. The Kier molecular flexibility index (Phi) is 4.01. The van der Waals surface area contributed by atoms with Gasteiger partial charge in [-0.1, -0.05) is 28.8 Å². The van der Waals surface area contributed by atoms with Gasteiger partial charge in [0.25, 0.3) is 0 Å². The second-order valence-corrected chi connectivity index (χ2v) is 6.94. The molecular formula is C16H22BrN3. The number of rotatable bonds is 2. The zero-order chi connectivity index (χ0) is 14.1. The molecule has 3 nitrogen and oxygen atoms in total. The molecule has 0 amide bonds. The lowest BCUT2D eigenvalue weighted by molar-refractivity contribution is 0.244. The van der Waals surface area contributed by atoms with Crippen molar-refractivity contribution < 1.29 is 0 Å². The first-order valence-electron chi connectivity index (χ1n) is 7.57. The maximum absolute atomic E-state index is 7.85. The summed E-state index contributed by atoms with van der Waals surface area (Å²) in [5.74, 6) is 1.00. The third-order valence-corrected chi connectivity index (χ3v) is 5.29. The first kappa shape index (κ1) is 13.9. The van der Waals surface area contributed by atoms with E-state index in [9.17, 15) is 0 Å². The van der Waals surface area contributed by atoms with Gasteiger partial charge in [0.2, 0.25) is 0 Å². The van der Waals surface area contributed by atoms with Crippen LogP contribution >= 0.6 is 15.9 Å². The zero-order valence-corrected chi connectivity index (χ0v) is 13.3. The second kappa shape index (κ2) is 5.76. The van der Waals surface area contributed by atoms with Gasteiger partial charge in [-0.05, 0) is 49.8 Å². The lowest BCUT2D eigenvalue weighted by atomic mass is 9.78. The minimum absolute atomic E-state index is 0.166. The van der Waals surface area contributed by atoms with E-state index in [1.807, 2.05) is 6.07 Å². The lowest BCUT2D eigenvalue weighted by Crippen LogP contribution is -2.47. The van der Waals surface area contributed by atoms with Gasteiger partial charge in [0.05, 0.1) is 0 Å².